The van der Waals surface area contributed by atoms with Crippen LogP contribution in [0.4, 0.5) is 13.2 Å². The Balaban J connectivity index is 1.95. The second-order valence-electron chi connectivity index (χ2n) is 6.54. The highest BCUT2D eigenvalue weighted by Gasteiger charge is 2.30. The largest absolute Gasteiger partial charge is 0.457 e. The molecule has 29 heavy (non-hydrogen) atoms. The van der Waals surface area contributed by atoms with Crippen LogP contribution in [0.1, 0.15) is 42.6 Å². The van der Waals surface area contributed by atoms with Crippen LogP contribution in [0.5, 0.6) is 11.5 Å². The van der Waals surface area contributed by atoms with E-state index in [0.717, 1.165) is 18.6 Å². The lowest BCUT2D eigenvalue weighted by molar-refractivity contribution is -0.137. The summed E-state index contributed by atoms with van der Waals surface area (Å²) in [6.07, 6.45) is -3.50. The minimum atomic E-state index is -4.47. The van der Waals surface area contributed by atoms with Gasteiger partial charge in [-0.3, -0.25) is 9.59 Å². The second kappa shape index (κ2) is 9.95. The van der Waals surface area contributed by atoms with E-state index in [9.17, 15) is 22.8 Å². The van der Waals surface area contributed by atoms with Crippen LogP contribution < -0.4 is 15.4 Å². The van der Waals surface area contributed by atoms with Gasteiger partial charge in [0.05, 0.1) is 5.56 Å². The average molecular weight is 408 g/mol. The van der Waals surface area contributed by atoms with Gasteiger partial charge in [0.15, 0.2) is 0 Å². The molecule has 0 aliphatic heterocycles. The van der Waals surface area contributed by atoms with E-state index in [1.54, 1.807) is 12.1 Å². The predicted octanol–water partition coefficient (Wildman–Crippen LogP) is 4.53. The molecule has 0 aromatic heterocycles. The fraction of sp³-hybridized carbons (Fsp3) is 0.333. The van der Waals surface area contributed by atoms with E-state index in [2.05, 4.69) is 10.6 Å². The molecule has 0 fully saturated rings. The van der Waals surface area contributed by atoms with Gasteiger partial charge in [-0.1, -0.05) is 19.1 Å². The fourth-order valence-corrected chi connectivity index (χ4v) is 2.41. The van der Waals surface area contributed by atoms with Gasteiger partial charge in [-0.05, 0) is 49.7 Å². The molecule has 2 aromatic carbocycles. The number of rotatable bonds is 8. The number of ether oxygens (including phenoxy) is 1. The van der Waals surface area contributed by atoms with Gasteiger partial charge in [0, 0.05) is 24.6 Å². The SMILES string of the molecule is CCC(C)NC(=O)CCNC(=O)c1cccc(Oc2cccc(C(F)(F)F)c2)c1. The molecule has 0 heterocycles. The Morgan fingerprint density at radius 3 is 2.38 bits per heavy atom. The molecule has 8 heteroatoms. The van der Waals surface area contributed by atoms with Gasteiger partial charge in [0.1, 0.15) is 11.5 Å². The fourth-order valence-electron chi connectivity index (χ4n) is 2.41. The Morgan fingerprint density at radius 2 is 1.72 bits per heavy atom. The molecule has 5 nitrogen and oxygen atoms in total. The van der Waals surface area contributed by atoms with Gasteiger partial charge in [-0.15, -0.1) is 0 Å². The normalized spacial score (nSPS) is 12.2. The van der Waals surface area contributed by atoms with Crippen molar-refractivity contribution in [2.24, 2.45) is 0 Å². The summed E-state index contributed by atoms with van der Waals surface area (Å²) < 4.78 is 43.9. The first-order chi connectivity index (χ1) is 13.7. The molecular weight excluding hydrogens is 385 g/mol. The van der Waals surface area contributed by atoms with Crippen molar-refractivity contribution in [2.75, 3.05) is 6.54 Å². The third-order valence-corrected chi connectivity index (χ3v) is 4.15. The molecule has 0 saturated heterocycles. The minimum Gasteiger partial charge on any atom is -0.457 e. The molecule has 0 bridgehead atoms. The van der Waals surface area contributed by atoms with Crippen LogP contribution in [0.25, 0.3) is 0 Å². The van der Waals surface area contributed by atoms with Crippen molar-refractivity contribution < 1.29 is 27.5 Å². The van der Waals surface area contributed by atoms with E-state index >= 15 is 0 Å². The van der Waals surface area contributed by atoms with Crippen molar-refractivity contribution in [1.82, 2.24) is 10.6 Å². The molecule has 2 amide bonds. The predicted molar refractivity (Wildman–Crippen MR) is 103 cm³/mol. The summed E-state index contributed by atoms with van der Waals surface area (Å²) >= 11 is 0. The van der Waals surface area contributed by atoms with E-state index in [4.69, 9.17) is 4.74 Å². The van der Waals surface area contributed by atoms with Crippen LogP contribution in [0.15, 0.2) is 48.5 Å². The van der Waals surface area contributed by atoms with Gasteiger partial charge < -0.3 is 15.4 Å². The van der Waals surface area contributed by atoms with E-state index < -0.39 is 17.6 Å². The topological polar surface area (TPSA) is 67.4 Å². The maximum Gasteiger partial charge on any atom is 0.416 e. The van der Waals surface area contributed by atoms with Crippen LogP contribution in [0.2, 0.25) is 0 Å². The first-order valence-electron chi connectivity index (χ1n) is 9.21. The number of benzene rings is 2. The standard InChI is InChI=1S/C21H23F3N2O3/c1-3-14(2)26-19(27)10-11-25-20(28)15-6-4-8-17(12-15)29-18-9-5-7-16(13-18)21(22,23)24/h4-9,12-14H,3,10-11H2,1-2H3,(H,25,28)(H,26,27). The lowest BCUT2D eigenvalue weighted by Crippen LogP contribution is -2.35. The highest BCUT2D eigenvalue weighted by Crippen LogP contribution is 2.32. The van der Waals surface area contributed by atoms with Crippen molar-refractivity contribution in [1.29, 1.82) is 0 Å². The van der Waals surface area contributed by atoms with Gasteiger partial charge in [0.25, 0.3) is 5.91 Å². The zero-order chi connectivity index (χ0) is 21.4. The highest BCUT2D eigenvalue weighted by molar-refractivity contribution is 5.94. The van der Waals surface area contributed by atoms with Crippen LogP contribution in [-0.4, -0.2) is 24.4 Å². The smallest absolute Gasteiger partial charge is 0.416 e. The maximum absolute atomic E-state index is 12.8. The van der Waals surface area contributed by atoms with Crippen molar-refractivity contribution in [3.8, 4) is 11.5 Å². The number of nitrogens with one attached hydrogen (secondary N) is 2. The molecule has 0 spiro atoms. The van der Waals surface area contributed by atoms with Crippen molar-refractivity contribution in [2.45, 2.75) is 38.9 Å². The molecule has 156 valence electrons. The molecule has 1 unspecified atom stereocenters. The van der Waals surface area contributed by atoms with Crippen LogP contribution in [-0.2, 0) is 11.0 Å². The summed E-state index contributed by atoms with van der Waals surface area (Å²) in [5, 5.41) is 5.44. The molecule has 1 atom stereocenters. The van der Waals surface area contributed by atoms with E-state index in [1.807, 2.05) is 13.8 Å². The monoisotopic (exact) mass is 408 g/mol. The summed E-state index contributed by atoms with van der Waals surface area (Å²) in [5.41, 5.74) is -0.545. The van der Waals surface area contributed by atoms with Crippen LogP contribution in [0.3, 0.4) is 0 Å². The summed E-state index contributed by atoms with van der Waals surface area (Å²) in [7, 11) is 0. The molecule has 0 aliphatic rings. The Bertz CT molecular complexity index is 853. The molecular formula is C21H23F3N2O3. The van der Waals surface area contributed by atoms with Gasteiger partial charge in [-0.25, -0.2) is 0 Å². The molecule has 0 aliphatic carbocycles. The van der Waals surface area contributed by atoms with E-state index in [0.29, 0.717) is 0 Å². The van der Waals surface area contributed by atoms with Gasteiger partial charge in [0.2, 0.25) is 5.91 Å². The molecule has 2 rings (SSSR count). The Kier molecular flexibility index (Phi) is 7.64. The Morgan fingerprint density at radius 1 is 1.07 bits per heavy atom. The quantitative estimate of drug-likeness (QED) is 0.674. The Labute approximate surface area is 167 Å². The van der Waals surface area contributed by atoms with Gasteiger partial charge >= 0.3 is 6.18 Å². The number of alkyl halides is 3. The van der Waals surface area contributed by atoms with Crippen LogP contribution in [0, 0.1) is 0 Å². The number of carbonyl (C=O) groups is 2. The Hall–Kier alpha value is -3.03. The number of carbonyl (C=O) groups excluding carboxylic acids is 2. The number of hydrogen-bond donors (Lipinski definition) is 2. The summed E-state index contributed by atoms with van der Waals surface area (Å²) in [5.74, 6) is -0.317. The molecule has 0 radical (unpaired) electrons. The summed E-state index contributed by atoms with van der Waals surface area (Å²) in [6, 6.07) is 10.6. The summed E-state index contributed by atoms with van der Waals surface area (Å²) in [4.78, 5) is 24.0. The molecule has 2 aromatic rings. The zero-order valence-corrected chi connectivity index (χ0v) is 16.2. The number of halogens is 3. The van der Waals surface area contributed by atoms with Crippen molar-refractivity contribution >= 4 is 11.8 Å². The lowest BCUT2D eigenvalue weighted by atomic mass is 10.2. The third-order valence-electron chi connectivity index (χ3n) is 4.15. The lowest BCUT2D eigenvalue weighted by Gasteiger charge is -2.12. The second-order valence-corrected chi connectivity index (χ2v) is 6.54. The van der Waals surface area contributed by atoms with Crippen molar-refractivity contribution in [3.63, 3.8) is 0 Å². The molecule has 2 N–H and O–H groups in total. The minimum absolute atomic E-state index is 0.0131. The first kappa shape index (κ1) is 22.3. The number of hydrogen-bond acceptors (Lipinski definition) is 3. The summed E-state index contributed by atoms with van der Waals surface area (Å²) in [6.45, 7) is 4.02. The highest BCUT2D eigenvalue weighted by atomic mass is 19.4. The van der Waals surface area contributed by atoms with Gasteiger partial charge in [-0.2, -0.15) is 13.2 Å². The zero-order valence-electron chi connectivity index (χ0n) is 16.2. The maximum atomic E-state index is 12.8. The van der Waals surface area contributed by atoms with E-state index in [1.165, 1.54) is 24.3 Å². The average Bonchev–Trinajstić information content (AvgIpc) is 2.67. The van der Waals surface area contributed by atoms with Crippen LogP contribution >= 0.6 is 0 Å². The number of amides is 2. The molecule has 0 saturated carbocycles. The van der Waals surface area contributed by atoms with E-state index in [-0.39, 0.29) is 42.0 Å². The third kappa shape index (κ3) is 7.14. The first-order valence-corrected chi connectivity index (χ1v) is 9.21. The van der Waals surface area contributed by atoms with Crippen molar-refractivity contribution in [3.05, 3.63) is 59.7 Å².